The number of hydrogen-bond acceptors (Lipinski definition) is 2. The van der Waals surface area contributed by atoms with Crippen molar-refractivity contribution in [1.29, 1.82) is 0 Å². The van der Waals surface area contributed by atoms with Crippen LogP contribution in [-0.2, 0) is 0 Å². The van der Waals surface area contributed by atoms with Gasteiger partial charge in [0.1, 0.15) is 0 Å². The zero-order valence-electron chi connectivity index (χ0n) is 14.0. The second-order valence-corrected chi connectivity index (χ2v) is 6.87. The first-order valence-electron chi connectivity index (χ1n) is 8.67. The molecule has 0 saturated heterocycles. The van der Waals surface area contributed by atoms with Gasteiger partial charge in [0.25, 0.3) is 0 Å². The minimum atomic E-state index is 0.443. The van der Waals surface area contributed by atoms with Gasteiger partial charge in [-0.25, -0.2) is 0 Å². The Balaban J connectivity index is 2.01. The van der Waals surface area contributed by atoms with Crippen LogP contribution in [0.5, 0.6) is 0 Å². The number of hydrogen-bond donors (Lipinski definition) is 1. The molecule has 1 N–H and O–H groups in total. The zero-order chi connectivity index (χ0) is 15.1. The van der Waals surface area contributed by atoms with Crippen LogP contribution in [-0.4, -0.2) is 31.1 Å². The quantitative estimate of drug-likeness (QED) is 0.770. The Morgan fingerprint density at radius 2 is 1.81 bits per heavy atom. The molecule has 1 aliphatic carbocycles. The molecule has 0 spiro atoms. The fraction of sp³-hybridized carbons (Fsp3) is 0.684. The van der Waals surface area contributed by atoms with Crippen molar-refractivity contribution in [3.63, 3.8) is 0 Å². The SMILES string of the molecule is CNC(CN(CCC(C)C)C1CCCC1)c1ccccc1. The van der Waals surface area contributed by atoms with Crippen molar-refractivity contribution in [3.8, 4) is 0 Å². The predicted molar refractivity (Wildman–Crippen MR) is 91.5 cm³/mol. The van der Waals surface area contributed by atoms with Crippen molar-refractivity contribution in [2.45, 2.75) is 58.0 Å². The summed E-state index contributed by atoms with van der Waals surface area (Å²) < 4.78 is 0. The first kappa shape index (κ1) is 16.5. The van der Waals surface area contributed by atoms with Crippen LogP contribution in [0.25, 0.3) is 0 Å². The smallest absolute Gasteiger partial charge is 0.0446 e. The van der Waals surface area contributed by atoms with Gasteiger partial charge < -0.3 is 5.32 Å². The van der Waals surface area contributed by atoms with Gasteiger partial charge in [0, 0.05) is 18.6 Å². The number of rotatable bonds is 8. The molecule has 0 aromatic heterocycles. The van der Waals surface area contributed by atoms with Crippen molar-refractivity contribution >= 4 is 0 Å². The molecular weight excluding hydrogens is 256 g/mol. The van der Waals surface area contributed by atoms with Gasteiger partial charge in [-0.05, 0) is 44.3 Å². The molecular formula is C19H32N2. The summed E-state index contributed by atoms with van der Waals surface area (Å²) in [7, 11) is 2.09. The van der Waals surface area contributed by atoms with Crippen molar-refractivity contribution < 1.29 is 0 Å². The summed E-state index contributed by atoms with van der Waals surface area (Å²) in [5, 5.41) is 3.52. The Labute approximate surface area is 130 Å². The Morgan fingerprint density at radius 1 is 1.14 bits per heavy atom. The van der Waals surface area contributed by atoms with Gasteiger partial charge in [0.05, 0.1) is 0 Å². The molecule has 0 radical (unpaired) electrons. The van der Waals surface area contributed by atoms with Gasteiger partial charge in [-0.3, -0.25) is 4.90 Å². The van der Waals surface area contributed by atoms with Crippen LogP contribution in [0.15, 0.2) is 30.3 Å². The maximum absolute atomic E-state index is 3.52. The van der Waals surface area contributed by atoms with Crippen molar-refractivity contribution in [1.82, 2.24) is 10.2 Å². The molecule has 2 nitrogen and oxygen atoms in total. The fourth-order valence-corrected chi connectivity index (χ4v) is 3.40. The summed E-state index contributed by atoms with van der Waals surface area (Å²) in [6.45, 7) is 7.05. The first-order valence-corrected chi connectivity index (χ1v) is 8.67. The highest BCUT2D eigenvalue weighted by Gasteiger charge is 2.25. The molecule has 1 saturated carbocycles. The summed E-state index contributed by atoms with van der Waals surface area (Å²) in [5.41, 5.74) is 1.41. The second kappa shape index (κ2) is 8.55. The Bertz CT molecular complexity index is 382. The summed E-state index contributed by atoms with van der Waals surface area (Å²) in [5.74, 6) is 0.790. The van der Waals surface area contributed by atoms with E-state index in [0.717, 1.165) is 18.5 Å². The summed E-state index contributed by atoms with van der Waals surface area (Å²) in [6.07, 6.45) is 6.92. The van der Waals surface area contributed by atoms with Crippen LogP contribution in [0.1, 0.15) is 57.6 Å². The lowest BCUT2D eigenvalue weighted by Gasteiger charge is -2.33. The van der Waals surface area contributed by atoms with E-state index in [9.17, 15) is 0 Å². The zero-order valence-corrected chi connectivity index (χ0v) is 14.0. The molecule has 2 heteroatoms. The highest BCUT2D eigenvalue weighted by Crippen LogP contribution is 2.26. The molecule has 1 aromatic rings. The molecule has 1 atom stereocenters. The van der Waals surface area contributed by atoms with E-state index < -0.39 is 0 Å². The molecule has 0 aliphatic heterocycles. The van der Waals surface area contributed by atoms with Gasteiger partial charge >= 0.3 is 0 Å². The highest BCUT2D eigenvalue weighted by molar-refractivity contribution is 5.19. The monoisotopic (exact) mass is 288 g/mol. The Hall–Kier alpha value is -0.860. The average molecular weight is 288 g/mol. The van der Waals surface area contributed by atoms with E-state index >= 15 is 0 Å². The third-order valence-electron chi connectivity index (χ3n) is 4.80. The summed E-state index contributed by atoms with van der Waals surface area (Å²) in [4.78, 5) is 2.75. The molecule has 2 rings (SSSR count). The topological polar surface area (TPSA) is 15.3 Å². The lowest BCUT2D eigenvalue weighted by molar-refractivity contribution is 0.170. The summed E-state index contributed by atoms with van der Waals surface area (Å²) in [6, 6.07) is 12.1. The molecule has 0 bridgehead atoms. The van der Waals surface area contributed by atoms with Gasteiger partial charge in [-0.1, -0.05) is 57.0 Å². The lowest BCUT2D eigenvalue weighted by atomic mass is 10.0. The number of nitrogens with one attached hydrogen (secondary N) is 1. The molecule has 1 unspecified atom stereocenters. The lowest BCUT2D eigenvalue weighted by Crippen LogP contribution is -2.40. The van der Waals surface area contributed by atoms with Gasteiger partial charge in [-0.15, -0.1) is 0 Å². The molecule has 0 amide bonds. The Kier molecular flexibility index (Phi) is 6.72. The maximum Gasteiger partial charge on any atom is 0.0446 e. The van der Waals surface area contributed by atoms with E-state index in [-0.39, 0.29) is 0 Å². The van der Waals surface area contributed by atoms with Crippen molar-refractivity contribution in [3.05, 3.63) is 35.9 Å². The summed E-state index contributed by atoms with van der Waals surface area (Å²) >= 11 is 0. The van der Waals surface area contributed by atoms with Crippen LogP contribution in [0.2, 0.25) is 0 Å². The maximum atomic E-state index is 3.52. The van der Waals surface area contributed by atoms with E-state index in [1.54, 1.807) is 0 Å². The molecule has 0 heterocycles. The van der Waals surface area contributed by atoms with Crippen molar-refractivity contribution in [2.24, 2.45) is 5.92 Å². The number of nitrogens with zero attached hydrogens (tertiary/aromatic N) is 1. The molecule has 1 aliphatic rings. The van der Waals surface area contributed by atoms with E-state index in [0.29, 0.717) is 6.04 Å². The van der Waals surface area contributed by atoms with E-state index in [1.807, 2.05) is 0 Å². The molecule has 1 fully saturated rings. The standard InChI is InChI=1S/C19H32N2/c1-16(2)13-14-21(18-11-7-8-12-18)15-19(20-3)17-9-5-4-6-10-17/h4-6,9-10,16,18-20H,7-8,11-15H2,1-3H3. The van der Waals surface area contributed by atoms with Crippen molar-refractivity contribution in [2.75, 3.05) is 20.1 Å². The van der Waals surface area contributed by atoms with E-state index in [1.165, 1.54) is 44.2 Å². The fourth-order valence-electron chi connectivity index (χ4n) is 3.40. The normalized spacial score (nSPS) is 17.8. The first-order chi connectivity index (χ1) is 10.2. The van der Waals surface area contributed by atoms with Crippen LogP contribution in [0.3, 0.4) is 0 Å². The minimum Gasteiger partial charge on any atom is -0.312 e. The number of benzene rings is 1. The molecule has 118 valence electrons. The second-order valence-electron chi connectivity index (χ2n) is 6.87. The highest BCUT2D eigenvalue weighted by atomic mass is 15.2. The number of likely N-dealkylation sites (N-methyl/N-ethyl adjacent to an activating group) is 1. The third kappa shape index (κ3) is 5.12. The van der Waals surface area contributed by atoms with Crippen LogP contribution in [0.4, 0.5) is 0 Å². The largest absolute Gasteiger partial charge is 0.312 e. The molecule has 1 aromatic carbocycles. The van der Waals surface area contributed by atoms with Gasteiger partial charge in [0.2, 0.25) is 0 Å². The van der Waals surface area contributed by atoms with Crippen LogP contribution < -0.4 is 5.32 Å². The average Bonchev–Trinajstić information content (AvgIpc) is 3.02. The van der Waals surface area contributed by atoms with E-state index in [4.69, 9.17) is 0 Å². The Morgan fingerprint density at radius 3 is 2.38 bits per heavy atom. The van der Waals surface area contributed by atoms with Crippen LogP contribution in [0, 0.1) is 5.92 Å². The third-order valence-corrected chi connectivity index (χ3v) is 4.80. The van der Waals surface area contributed by atoms with Crippen LogP contribution >= 0.6 is 0 Å². The minimum absolute atomic E-state index is 0.443. The van der Waals surface area contributed by atoms with Gasteiger partial charge in [-0.2, -0.15) is 0 Å². The predicted octanol–water partition coefficient (Wildman–Crippen LogP) is 4.24. The van der Waals surface area contributed by atoms with E-state index in [2.05, 4.69) is 61.4 Å². The molecule has 21 heavy (non-hydrogen) atoms. The van der Waals surface area contributed by atoms with Gasteiger partial charge in [0.15, 0.2) is 0 Å².